The SMILES string of the molecule is c1ccc(-c2ccc(N(c3ccc(-c4cccc5c4oc4ccccc45)cc3)c3ccc4oc5ccc6sc(-c7ccccc7)nc6c5c4c3)cc2)cc1. The number of fused-ring (bicyclic) bond motifs is 8. The largest absolute Gasteiger partial charge is 0.456 e. The summed E-state index contributed by atoms with van der Waals surface area (Å²) < 4.78 is 14.0. The number of furan rings is 2. The summed E-state index contributed by atoms with van der Waals surface area (Å²) in [5.41, 5.74) is 13.2. The normalized spacial score (nSPS) is 11.7. The molecular weight excluding hydrogens is 681 g/mol. The quantitative estimate of drug-likeness (QED) is 0.172. The van der Waals surface area contributed by atoms with E-state index in [4.69, 9.17) is 13.8 Å². The Morgan fingerprint density at radius 3 is 1.81 bits per heavy atom. The molecule has 0 N–H and O–H groups in total. The average Bonchev–Trinajstić information content (AvgIpc) is 3.95. The van der Waals surface area contributed by atoms with Gasteiger partial charge < -0.3 is 13.7 Å². The van der Waals surface area contributed by atoms with Crippen LogP contribution in [0.3, 0.4) is 0 Å². The van der Waals surface area contributed by atoms with E-state index in [1.54, 1.807) is 11.3 Å². The second-order valence-electron chi connectivity index (χ2n) is 13.5. The van der Waals surface area contributed by atoms with Crippen molar-refractivity contribution in [2.75, 3.05) is 4.90 Å². The predicted molar refractivity (Wildman–Crippen MR) is 225 cm³/mol. The molecule has 4 nitrogen and oxygen atoms in total. The molecule has 0 spiro atoms. The van der Waals surface area contributed by atoms with Crippen LogP contribution in [0, 0.1) is 0 Å². The highest BCUT2D eigenvalue weighted by Crippen LogP contribution is 2.43. The van der Waals surface area contributed by atoms with E-state index in [-0.39, 0.29) is 0 Å². The highest BCUT2D eigenvalue weighted by molar-refractivity contribution is 7.21. The standard InChI is InChI=1S/C49H30N2O2S/c1-3-10-31(11-4-1)32-18-22-35(23-19-32)51(36-24-20-33(21-25-36)38-15-9-16-40-39-14-7-8-17-42(39)53-48(38)40)37-26-27-43-41(30-37)46-44(52-43)28-29-45-47(46)50-49(54-45)34-12-5-2-6-13-34/h1-30H. The van der Waals surface area contributed by atoms with Crippen LogP contribution in [0.25, 0.3) is 86.9 Å². The van der Waals surface area contributed by atoms with E-state index in [1.807, 2.05) is 18.2 Å². The summed E-state index contributed by atoms with van der Waals surface area (Å²) >= 11 is 1.71. The van der Waals surface area contributed by atoms with Gasteiger partial charge in [0.15, 0.2) is 0 Å². The summed E-state index contributed by atoms with van der Waals surface area (Å²) in [5.74, 6) is 0. The van der Waals surface area contributed by atoms with E-state index < -0.39 is 0 Å². The van der Waals surface area contributed by atoms with Crippen molar-refractivity contribution in [2.24, 2.45) is 0 Å². The molecule has 3 heterocycles. The molecule has 0 fully saturated rings. The molecule has 0 aliphatic carbocycles. The first-order valence-corrected chi connectivity index (χ1v) is 18.8. The van der Waals surface area contributed by atoms with Crippen molar-refractivity contribution in [2.45, 2.75) is 0 Å². The molecule has 254 valence electrons. The Labute approximate surface area is 314 Å². The summed E-state index contributed by atoms with van der Waals surface area (Å²) in [7, 11) is 0. The zero-order valence-corrected chi connectivity index (χ0v) is 29.8. The molecular formula is C49H30N2O2S. The fourth-order valence-corrected chi connectivity index (χ4v) is 8.71. The number of aromatic nitrogens is 1. The molecule has 0 unspecified atom stereocenters. The third kappa shape index (κ3) is 5.01. The fraction of sp³-hybridized carbons (Fsp3) is 0. The van der Waals surface area contributed by atoms with Gasteiger partial charge in [0.25, 0.3) is 0 Å². The maximum Gasteiger partial charge on any atom is 0.143 e. The van der Waals surface area contributed by atoms with Crippen molar-refractivity contribution in [1.29, 1.82) is 0 Å². The van der Waals surface area contributed by atoms with E-state index in [0.717, 1.165) is 92.9 Å². The molecule has 0 amide bonds. The molecule has 0 atom stereocenters. The van der Waals surface area contributed by atoms with Crippen LogP contribution in [-0.2, 0) is 0 Å². The number of para-hydroxylation sites is 2. The Morgan fingerprint density at radius 2 is 1.04 bits per heavy atom. The highest BCUT2D eigenvalue weighted by atomic mass is 32.1. The van der Waals surface area contributed by atoms with Gasteiger partial charge in [0.2, 0.25) is 0 Å². The maximum atomic E-state index is 6.45. The van der Waals surface area contributed by atoms with E-state index >= 15 is 0 Å². The van der Waals surface area contributed by atoms with Crippen LogP contribution in [0.1, 0.15) is 0 Å². The average molecular weight is 711 g/mol. The molecule has 0 saturated carbocycles. The molecule has 5 heteroatoms. The lowest BCUT2D eigenvalue weighted by Crippen LogP contribution is -2.09. The monoisotopic (exact) mass is 710 g/mol. The lowest BCUT2D eigenvalue weighted by molar-refractivity contribution is 0.669. The lowest BCUT2D eigenvalue weighted by Gasteiger charge is -2.26. The third-order valence-electron chi connectivity index (χ3n) is 10.3. The van der Waals surface area contributed by atoms with Crippen LogP contribution >= 0.6 is 11.3 Å². The van der Waals surface area contributed by atoms with E-state index in [1.165, 1.54) is 11.1 Å². The molecule has 0 aliphatic heterocycles. The van der Waals surface area contributed by atoms with Crippen molar-refractivity contribution in [1.82, 2.24) is 4.98 Å². The number of hydrogen-bond donors (Lipinski definition) is 0. The summed E-state index contributed by atoms with van der Waals surface area (Å²) in [6, 6.07) is 63.8. The first kappa shape index (κ1) is 30.7. The lowest BCUT2D eigenvalue weighted by atomic mass is 10.0. The first-order chi connectivity index (χ1) is 26.7. The zero-order valence-electron chi connectivity index (χ0n) is 28.9. The summed E-state index contributed by atoms with van der Waals surface area (Å²) in [5, 5.41) is 5.33. The van der Waals surface area contributed by atoms with Gasteiger partial charge in [0, 0.05) is 44.3 Å². The van der Waals surface area contributed by atoms with Gasteiger partial charge in [0.1, 0.15) is 27.3 Å². The van der Waals surface area contributed by atoms with Crippen molar-refractivity contribution >= 4 is 82.5 Å². The molecule has 8 aromatic carbocycles. The number of benzene rings is 8. The number of anilines is 3. The number of nitrogens with zero attached hydrogens (tertiary/aromatic N) is 2. The van der Waals surface area contributed by atoms with Gasteiger partial charge in [-0.05, 0) is 77.4 Å². The minimum atomic E-state index is 0.836. The van der Waals surface area contributed by atoms with Crippen LogP contribution in [0.4, 0.5) is 17.1 Å². The summed E-state index contributed by atoms with van der Waals surface area (Å²) in [6.45, 7) is 0. The van der Waals surface area contributed by atoms with E-state index in [9.17, 15) is 0 Å². The van der Waals surface area contributed by atoms with Gasteiger partial charge in [-0.25, -0.2) is 4.98 Å². The second-order valence-corrected chi connectivity index (χ2v) is 14.6. The number of rotatable bonds is 6. The van der Waals surface area contributed by atoms with Gasteiger partial charge in [-0.3, -0.25) is 0 Å². The Morgan fingerprint density at radius 1 is 0.426 bits per heavy atom. The molecule has 11 rings (SSSR count). The third-order valence-corrected chi connectivity index (χ3v) is 11.4. The minimum absolute atomic E-state index is 0.836. The molecule has 0 aliphatic rings. The molecule has 0 bridgehead atoms. The minimum Gasteiger partial charge on any atom is -0.456 e. The molecule has 0 saturated heterocycles. The number of hydrogen-bond acceptors (Lipinski definition) is 5. The Hall–Kier alpha value is -6.95. The Balaban J connectivity index is 1.06. The first-order valence-electron chi connectivity index (χ1n) is 18.0. The van der Waals surface area contributed by atoms with Crippen molar-refractivity contribution in [3.8, 4) is 32.8 Å². The predicted octanol–water partition coefficient (Wildman–Crippen LogP) is 14.6. The fourth-order valence-electron chi connectivity index (χ4n) is 7.73. The second kappa shape index (κ2) is 12.3. The van der Waals surface area contributed by atoms with Gasteiger partial charge in [-0.1, -0.05) is 121 Å². The zero-order chi connectivity index (χ0) is 35.6. The molecule has 54 heavy (non-hydrogen) atoms. The van der Waals surface area contributed by atoms with Gasteiger partial charge in [-0.2, -0.15) is 0 Å². The van der Waals surface area contributed by atoms with Crippen LogP contribution in [-0.4, -0.2) is 4.98 Å². The Kier molecular flexibility index (Phi) is 7.00. The van der Waals surface area contributed by atoms with Gasteiger partial charge >= 0.3 is 0 Å². The van der Waals surface area contributed by atoms with E-state index in [0.29, 0.717) is 0 Å². The van der Waals surface area contributed by atoms with Crippen LogP contribution in [0.15, 0.2) is 191 Å². The van der Waals surface area contributed by atoms with Crippen molar-refractivity contribution in [3.05, 3.63) is 182 Å². The topological polar surface area (TPSA) is 42.4 Å². The van der Waals surface area contributed by atoms with Crippen LogP contribution < -0.4 is 4.90 Å². The smallest absolute Gasteiger partial charge is 0.143 e. The van der Waals surface area contributed by atoms with Crippen LogP contribution in [0.2, 0.25) is 0 Å². The maximum absolute atomic E-state index is 6.45. The molecule has 0 radical (unpaired) electrons. The van der Waals surface area contributed by atoms with Crippen LogP contribution in [0.5, 0.6) is 0 Å². The summed E-state index contributed by atoms with van der Waals surface area (Å²) in [4.78, 5) is 7.49. The highest BCUT2D eigenvalue weighted by Gasteiger charge is 2.20. The summed E-state index contributed by atoms with van der Waals surface area (Å²) in [6.07, 6.45) is 0. The molecule has 11 aromatic rings. The van der Waals surface area contributed by atoms with Crippen molar-refractivity contribution < 1.29 is 8.83 Å². The molecule has 3 aromatic heterocycles. The number of thiazole rings is 1. The van der Waals surface area contributed by atoms with Crippen molar-refractivity contribution in [3.63, 3.8) is 0 Å². The Bertz CT molecular complexity index is 3140. The van der Waals surface area contributed by atoms with E-state index in [2.05, 4.69) is 169 Å². The van der Waals surface area contributed by atoms with Gasteiger partial charge in [-0.15, -0.1) is 11.3 Å². The van der Waals surface area contributed by atoms with Gasteiger partial charge in [0.05, 0.1) is 15.6 Å².